The van der Waals surface area contributed by atoms with Gasteiger partial charge in [-0.25, -0.2) is 29.9 Å². The summed E-state index contributed by atoms with van der Waals surface area (Å²) in [6.45, 7) is 12.0. The molecule has 2 aromatic carbocycles. The van der Waals surface area contributed by atoms with E-state index >= 15 is 0 Å². The monoisotopic (exact) mass is 710 g/mol. The molecular formula is C39H39ClN12. The molecule has 0 amide bonds. The molecule has 8 heterocycles. The highest BCUT2D eigenvalue weighted by Crippen LogP contribution is 2.36. The Morgan fingerprint density at radius 2 is 1.52 bits per heavy atom. The first-order valence-electron chi connectivity index (χ1n) is 18.2. The van der Waals surface area contributed by atoms with Gasteiger partial charge in [0, 0.05) is 55.8 Å². The molecular weight excluding hydrogens is 672 g/mol. The van der Waals surface area contributed by atoms with Crippen molar-refractivity contribution in [3.63, 3.8) is 0 Å². The van der Waals surface area contributed by atoms with E-state index in [1.807, 2.05) is 37.3 Å². The van der Waals surface area contributed by atoms with Crippen LogP contribution < -0.4 is 15.1 Å². The van der Waals surface area contributed by atoms with E-state index in [0.29, 0.717) is 22.6 Å². The molecule has 0 saturated carbocycles. The molecule has 8 aromatic rings. The number of imidazole rings is 2. The topological polar surface area (TPSA) is 108 Å². The summed E-state index contributed by atoms with van der Waals surface area (Å²) in [7, 11) is 0. The van der Waals surface area contributed by atoms with Crippen LogP contribution in [0.2, 0.25) is 5.02 Å². The fraction of sp³-hybridized carbons (Fsp3) is 0.333. The van der Waals surface area contributed by atoms with Gasteiger partial charge in [0.2, 0.25) is 0 Å². The Bertz CT molecular complexity index is 2670. The third kappa shape index (κ3) is 5.19. The molecule has 2 aliphatic heterocycles. The number of likely N-dealkylation sites (tertiary alicyclic amines) is 1. The van der Waals surface area contributed by atoms with Crippen LogP contribution in [0.25, 0.3) is 55.7 Å². The Hall–Kier alpha value is -5.17. The Morgan fingerprint density at radius 3 is 2.37 bits per heavy atom. The smallest absolute Gasteiger partial charge is 0.183 e. The number of hydrogen-bond donors (Lipinski definition) is 1. The van der Waals surface area contributed by atoms with Crippen molar-refractivity contribution in [2.45, 2.75) is 45.7 Å². The van der Waals surface area contributed by atoms with Gasteiger partial charge in [0.05, 0.1) is 27.1 Å². The summed E-state index contributed by atoms with van der Waals surface area (Å²) in [5.41, 5.74) is 10.3. The minimum atomic E-state index is 0.327. The highest BCUT2D eigenvalue weighted by Gasteiger charge is 2.28. The van der Waals surface area contributed by atoms with Gasteiger partial charge in [0.25, 0.3) is 0 Å². The lowest BCUT2D eigenvalue weighted by atomic mass is 10.1. The third-order valence-electron chi connectivity index (χ3n) is 10.5. The van der Waals surface area contributed by atoms with E-state index in [2.05, 4.69) is 73.0 Å². The second-order valence-electron chi connectivity index (χ2n) is 14.4. The molecule has 12 nitrogen and oxygen atoms in total. The zero-order valence-electron chi connectivity index (χ0n) is 29.5. The van der Waals surface area contributed by atoms with E-state index in [1.165, 1.54) is 12.8 Å². The number of piperazine rings is 1. The summed E-state index contributed by atoms with van der Waals surface area (Å²) >= 11 is 6.52. The fourth-order valence-electron chi connectivity index (χ4n) is 8.28. The van der Waals surface area contributed by atoms with Gasteiger partial charge < -0.3 is 20.0 Å². The largest absolute Gasteiger partial charge is 0.350 e. The summed E-state index contributed by atoms with van der Waals surface area (Å²) < 4.78 is 4.31. The number of anilines is 3. The molecule has 13 heteroatoms. The molecule has 0 radical (unpaired) electrons. The van der Waals surface area contributed by atoms with Gasteiger partial charge in [-0.05, 0) is 95.2 Å². The number of nitrogens with zero attached hydrogens (tertiary/aromatic N) is 11. The number of benzene rings is 2. The number of fused-ring (bicyclic) bond motifs is 10. The summed E-state index contributed by atoms with van der Waals surface area (Å²) in [6, 6.07) is 21.3. The van der Waals surface area contributed by atoms with Gasteiger partial charge in [0.15, 0.2) is 34.2 Å². The minimum absolute atomic E-state index is 0.327. The number of para-hydroxylation sites is 2. The lowest BCUT2D eigenvalue weighted by Crippen LogP contribution is -2.54. The van der Waals surface area contributed by atoms with E-state index in [-0.39, 0.29) is 0 Å². The normalized spacial score (nSPS) is 18.7. The predicted octanol–water partition coefficient (Wildman–Crippen LogP) is 6.56. The minimum Gasteiger partial charge on any atom is -0.350 e. The second kappa shape index (κ2) is 12.2. The number of aryl methyl sites for hydroxylation is 1. The maximum Gasteiger partial charge on any atom is 0.183 e. The molecule has 1 N–H and O–H groups in total. The standard InChI is InChI=1S/C39H39ClN12/c1-23-10-12-29-35(43-23)52-33-13-11-27(19-30(33)46-38(52)36(45-29)49-21-24(2)42-25(3)22-49)50(17-16-48-14-6-7-15-48)37-39-44-28-8-4-5-9-32(28)51(39)34-31(47-37)18-26(40)20-41-34/h4-5,8-13,18-20,24-25,42H,6-7,14-17,21-22H2,1-3H3/t24-,25+. The fourth-order valence-corrected chi connectivity index (χ4v) is 8.43. The van der Waals surface area contributed by atoms with Crippen LogP contribution in [-0.2, 0) is 0 Å². The van der Waals surface area contributed by atoms with E-state index in [4.69, 9.17) is 41.5 Å². The first kappa shape index (κ1) is 31.6. The molecule has 0 bridgehead atoms. The van der Waals surface area contributed by atoms with Gasteiger partial charge in [-0.2, -0.15) is 0 Å². The van der Waals surface area contributed by atoms with Crippen molar-refractivity contribution in [2.24, 2.45) is 0 Å². The number of halogens is 1. The quantitative estimate of drug-likeness (QED) is 0.204. The van der Waals surface area contributed by atoms with Crippen LogP contribution in [-0.4, -0.2) is 95.0 Å². The van der Waals surface area contributed by atoms with Crippen LogP contribution in [0.15, 0.2) is 66.9 Å². The van der Waals surface area contributed by atoms with Crippen LogP contribution in [0, 0.1) is 6.92 Å². The van der Waals surface area contributed by atoms with Gasteiger partial charge in [-0.3, -0.25) is 8.80 Å². The molecule has 10 rings (SSSR count). The summed E-state index contributed by atoms with van der Waals surface area (Å²) in [4.78, 5) is 37.9. The number of aromatic nitrogens is 8. The van der Waals surface area contributed by atoms with Gasteiger partial charge in [-0.1, -0.05) is 23.7 Å². The average Bonchev–Trinajstić information content (AvgIpc) is 3.89. The summed E-state index contributed by atoms with van der Waals surface area (Å²) in [5, 5.41) is 4.20. The van der Waals surface area contributed by atoms with Crippen molar-refractivity contribution in [1.82, 2.24) is 48.9 Å². The van der Waals surface area contributed by atoms with Crippen LogP contribution in [0.1, 0.15) is 32.4 Å². The van der Waals surface area contributed by atoms with Gasteiger partial charge in [0.1, 0.15) is 11.0 Å². The van der Waals surface area contributed by atoms with Crippen molar-refractivity contribution in [3.8, 4) is 0 Å². The van der Waals surface area contributed by atoms with E-state index < -0.39 is 0 Å². The third-order valence-corrected chi connectivity index (χ3v) is 10.8. The molecule has 6 aromatic heterocycles. The van der Waals surface area contributed by atoms with Crippen molar-refractivity contribution in [2.75, 3.05) is 49.1 Å². The second-order valence-corrected chi connectivity index (χ2v) is 14.9. The zero-order valence-corrected chi connectivity index (χ0v) is 30.2. The Morgan fingerprint density at radius 1 is 0.750 bits per heavy atom. The van der Waals surface area contributed by atoms with Gasteiger partial charge in [-0.15, -0.1) is 0 Å². The van der Waals surface area contributed by atoms with Crippen molar-refractivity contribution >= 4 is 84.6 Å². The molecule has 52 heavy (non-hydrogen) atoms. The van der Waals surface area contributed by atoms with E-state index in [0.717, 1.165) is 112 Å². The molecule has 0 aliphatic carbocycles. The zero-order chi connectivity index (χ0) is 35.1. The lowest BCUT2D eigenvalue weighted by molar-refractivity contribution is 0.348. The van der Waals surface area contributed by atoms with Crippen LogP contribution >= 0.6 is 11.6 Å². The van der Waals surface area contributed by atoms with Gasteiger partial charge >= 0.3 is 0 Å². The van der Waals surface area contributed by atoms with E-state index in [1.54, 1.807) is 6.20 Å². The molecule has 2 aliphatic rings. The average molecular weight is 711 g/mol. The van der Waals surface area contributed by atoms with E-state index in [9.17, 15) is 0 Å². The first-order valence-corrected chi connectivity index (χ1v) is 18.6. The Kier molecular flexibility index (Phi) is 7.41. The van der Waals surface area contributed by atoms with Crippen molar-refractivity contribution < 1.29 is 0 Å². The maximum atomic E-state index is 6.52. The lowest BCUT2D eigenvalue weighted by Gasteiger charge is -2.37. The maximum absolute atomic E-state index is 6.52. The molecule has 0 spiro atoms. The Balaban J connectivity index is 1.20. The number of nitrogens with one attached hydrogen (secondary N) is 1. The van der Waals surface area contributed by atoms with Crippen molar-refractivity contribution in [3.05, 3.63) is 77.6 Å². The first-order chi connectivity index (χ1) is 25.4. The van der Waals surface area contributed by atoms with Crippen molar-refractivity contribution in [1.29, 1.82) is 0 Å². The molecule has 2 fully saturated rings. The molecule has 2 atom stereocenters. The highest BCUT2D eigenvalue weighted by molar-refractivity contribution is 6.31. The molecule has 2 saturated heterocycles. The number of hydrogen-bond acceptors (Lipinski definition) is 10. The summed E-state index contributed by atoms with van der Waals surface area (Å²) in [6.07, 6.45) is 4.13. The van der Waals surface area contributed by atoms with Crippen LogP contribution in [0.3, 0.4) is 0 Å². The van der Waals surface area contributed by atoms with Crippen LogP contribution in [0.4, 0.5) is 17.3 Å². The van der Waals surface area contributed by atoms with Crippen LogP contribution in [0.5, 0.6) is 0 Å². The Labute approximate surface area is 305 Å². The molecule has 262 valence electrons. The highest BCUT2D eigenvalue weighted by atomic mass is 35.5. The SMILES string of the molecule is Cc1ccc2nc(N3C[C@@H](C)N[C@@H](C)C3)c3nc4cc(N(CCN5CCCC5)c5nc6cc(Cl)cnc6n6c5nc5ccccc56)ccc4n3c2n1. The predicted molar refractivity (Wildman–Crippen MR) is 208 cm³/mol. The summed E-state index contributed by atoms with van der Waals surface area (Å²) in [5.74, 6) is 1.64. The number of rotatable bonds is 6. The molecule has 0 unspecified atom stereocenters. The number of pyridine rings is 2.